The van der Waals surface area contributed by atoms with Crippen molar-refractivity contribution in [1.29, 1.82) is 0 Å². The van der Waals surface area contributed by atoms with Gasteiger partial charge in [-0.15, -0.1) is 0 Å². The van der Waals surface area contributed by atoms with Crippen molar-refractivity contribution in [3.63, 3.8) is 0 Å². The number of nitrogens with one attached hydrogen (secondary N) is 1. The van der Waals surface area contributed by atoms with E-state index in [1.165, 1.54) is 0 Å². The molecule has 1 aromatic heterocycles. The highest BCUT2D eigenvalue weighted by Gasteiger charge is 2.30. The van der Waals surface area contributed by atoms with Gasteiger partial charge in [-0.1, -0.05) is 0 Å². The minimum atomic E-state index is -0.408. The number of nitrogens with zero attached hydrogens (tertiary/aromatic N) is 4. The van der Waals surface area contributed by atoms with Crippen LogP contribution >= 0.6 is 0 Å². The number of anilines is 1. The lowest BCUT2D eigenvalue weighted by atomic mass is 10.1. The van der Waals surface area contributed by atoms with E-state index in [1.807, 2.05) is 19.0 Å². The minimum Gasteiger partial charge on any atom is -0.358 e. The second kappa shape index (κ2) is 4.93. The Kier molecular flexibility index (Phi) is 3.51. The van der Waals surface area contributed by atoms with E-state index in [2.05, 4.69) is 10.3 Å². The molecular weight excluding hydrogens is 234 g/mol. The molecule has 7 heteroatoms. The zero-order valence-corrected chi connectivity index (χ0v) is 11.0. The van der Waals surface area contributed by atoms with Gasteiger partial charge in [0.05, 0.1) is 0 Å². The normalized spacial score (nSPS) is 19.8. The number of likely N-dealkylation sites (N-methyl/N-ethyl adjacent to an activating group) is 1. The maximum absolute atomic E-state index is 11.1. The summed E-state index contributed by atoms with van der Waals surface area (Å²) in [5.41, 5.74) is 0. The molecule has 1 fully saturated rings. The van der Waals surface area contributed by atoms with Crippen LogP contribution in [0.1, 0.15) is 18.7 Å². The molecule has 100 valence electrons. The van der Waals surface area contributed by atoms with Crippen molar-refractivity contribution in [2.24, 2.45) is 7.05 Å². The van der Waals surface area contributed by atoms with Crippen LogP contribution in [0.4, 0.5) is 11.6 Å². The van der Waals surface area contributed by atoms with Crippen LogP contribution in [0.15, 0.2) is 0 Å². The van der Waals surface area contributed by atoms with Gasteiger partial charge in [-0.2, -0.15) is 0 Å². The number of hydrogen-bond acceptors (Lipinski definition) is 5. The SMILES string of the molecule is Cc1nc([N+](=O)[O-])c(N(C)C2CCCNC2)n1C. The summed E-state index contributed by atoms with van der Waals surface area (Å²) < 4.78 is 1.78. The number of rotatable bonds is 3. The number of piperidine rings is 1. The van der Waals surface area contributed by atoms with Crippen LogP contribution < -0.4 is 10.2 Å². The standard InChI is InChI=1S/C11H19N5O2/c1-8-13-10(16(17)18)11(14(8)2)15(3)9-5-4-6-12-7-9/h9,12H,4-7H2,1-3H3. The Morgan fingerprint density at radius 1 is 1.61 bits per heavy atom. The number of hydrogen-bond donors (Lipinski definition) is 1. The molecule has 1 saturated heterocycles. The maximum Gasteiger partial charge on any atom is 0.406 e. The van der Waals surface area contributed by atoms with Crippen LogP contribution in [-0.4, -0.2) is 40.7 Å². The van der Waals surface area contributed by atoms with Crippen molar-refractivity contribution in [3.8, 4) is 0 Å². The van der Waals surface area contributed by atoms with Gasteiger partial charge in [-0.25, -0.2) is 0 Å². The van der Waals surface area contributed by atoms with E-state index in [0.717, 1.165) is 25.9 Å². The summed E-state index contributed by atoms with van der Waals surface area (Å²) in [6.45, 7) is 3.66. The third-order valence-electron chi connectivity index (χ3n) is 3.60. The molecule has 2 rings (SSSR count). The maximum atomic E-state index is 11.1. The van der Waals surface area contributed by atoms with Crippen molar-refractivity contribution in [1.82, 2.24) is 14.9 Å². The number of aromatic nitrogens is 2. The number of imidazole rings is 1. The molecule has 0 saturated carbocycles. The fourth-order valence-electron chi connectivity index (χ4n) is 2.44. The number of aryl methyl sites for hydroxylation is 1. The molecule has 1 aromatic rings. The minimum absolute atomic E-state index is 0.0527. The molecule has 0 spiro atoms. The first-order chi connectivity index (χ1) is 8.52. The monoisotopic (exact) mass is 253 g/mol. The molecule has 18 heavy (non-hydrogen) atoms. The third-order valence-corrected chi connectivity index (χ3v) is 3.60. The molecule has 0 amide bonds. The molecule has 1 aliphatic rings. The van der Waals surface area contributed by atoms with E-state index in [4.69, 9.17) is 0 Å². The Morgan fingerprint density at radius 2 is 2.33 bits per heavy atom. The van der Waals surface area contributed by atoms with E-state index < -0.39 is 4.92 Å². The highest BCUT2D eigenvalue weighted by molar-refractivity contribution is 5.56. The molecule has 1 aliphatic heterocycles. The van der Waals surface area contributed by atoms with Crippen molar-refractivity contribution in [3.05, 3.63) is 15.9 Å². The smallest absolute Gasteiger partial charge is 0.358 e. The molecule has 0 aromatic carbocycles. The molecule has 0 bridgehead atoms. The van der Waals surface area contributed by atoms with Gasteiger partial charge in [0.25, 0.3) is 0 Å². The van der Waals surface area contributed by atoms with Crippen LogP contribution in [0.25, 0.3) is 0 Å². The van der Waals surface area contributed by atoms with Gasteiger partial charge < -0.3 is 20.3 Å². The van der Waals surface area contributed by atoms with Gasteiger partial charge in [-0.3, -0.25) is 4.57 Å². The Hall–Kier alpha value is -1.63. The average Bonchev–Trinajstić information content (AvgIpc) is 2.66. The Bertz CT molecular complexity index is 451. The van der Waals surface area contributed by atoms with E-state index in [9.17, 15) is 10.1 Å². The molecule has 1 unspecified atom stereocenters. The highest BCUT2D eigenvalue weighted by Crippen LogP contribution is 2.29. The molecule has 1 N–H and O–H groups in total. The van der Waals surface area contributed by atoms with E-state index >= 15 is 0 Å². The highest BCUT2D eigenvalue weighted by atomic mass is 16.6. The molecular formula is C11H19N5O2. The average molecular weight is 253 g/mol. The van der Waals surface area contributed by atoms with Crippen molar-refractivity contribution in [2.45, 2.75) is 25.8 Å². The van der Waals surface area contributed by atoms with Gasteiger partial charge in [0, 0.05) is 33.6 Å². The zero-order chi connectivity index (χ0) is 13.3. The summed E-state index contributed by atoms with van der Waals surface area (Å²) >= 11 is 0. The Balaban J connectivity index is 2.33. The lowest BCUT2D eigenvalue weighted by Gasteiger charge is -2.32. The third kappa shape index (κ3) is 2.17. The van der Waals surface area contributed by atoms with Gasteiger partial charge in [0.15, 0.2) is 0 Å². The largest absolute Gasteiger partial charge is 0.406 e. The first-order valence-electron chi connectivity index (χ1n) is 6.13. The van der Waals surface area contributed by atoms with Gasteiger partial charge in [-0.05, 0) is 29.3 Å². The summed E-state index contributed by atoms with van der Waals surface area (Å²) in [5.74, 6) is 1.20. The summed E-state index contributed by atoms with van der Waals surface area (Å²) in [6, 6.07) is 0.284. The molecule has 2 heterocycles. The zero-order valence-electron chi connectivity index (χ0n) is 11.0. The quantitative estimate of drug-likeness (QED) is 0.637. The van der Waals surface area contributed by atoms with Gasteiger partial charge in [0.1, 0.15) is 0 Å². The first-order valence-corrected chi connectivity index (χ1v) is 6.13. The lowest BCUT2D eigenvalue weighted by Crippen LogP contribution is -2.45. The fourth-order valence-corrected chi connectivity index (χ4v) is 2.44. The van der Waals surface area contributed by atoms with Crippen molar-refractivity contribution in [2.75, 3.05) is 25.0 Å². The second-order valence-corrected chi connectivity index (χ2v) is 4.73. The lowest BCUT2D eigenvalue weighted by molar-refractivity contribution is -0.388. The van der Waals surface area contributed by atoms with Crippen LogP contribution in [-0.2, 0) is 7.05 Å². The first kappa shape index (κ1) is 12.8. The topological polar surface area (TPSA) is 76.2 Å². The molecule has 0 radical (unpaired) electrons. The van der Waals surface area contributed by atoms with Gasteiger partial charge in [0.2, 0.25) is 11.6 Å². The van der Waals surface area contributed by atoms with E-state index in [1.54, 1.807) is 11.5 Å². The van der Waals surface area contributed by atoms with Gasteiger partial charge >= 0.3 is 5.82 Å². The van der Waals surface area contributed by atoms with Crippen molar-refractivity contribution < 1.29 is 4.92 Å². The summed E-state index contributed by atoms with van der Waals surface area (Å²) in [6.07, 6.45) is 2.14. The van der Waals surface area contributed by atoms with E-state index in [-0.39, 0.29) is 11.9 Å². The van der Waals surface area contributed by atoms with Crippen molar-refractivity contribution >= 4 is 11.6 Å². The second-order valence-electron chi connectivity index (χ2n) is 4.73. The fraction of sp³-hybridized carbons (Fsp3) is 0.727. The van der Waals surface area contributed by atoms with Crippen LogP contribution in [0, 0.1) is 17.0 Å². The predicted octanol–water partition coefficient (Wildman–Crippen LogP) is 0.825. The van der Waals surface area contributed by atoms with Crippen LogP contribution in [0.5, 0.6) is 0 Å². The summed E-state index contributed by atoms with van der Waals surface area (Å²) in [4.78, 5) is 16.7. The van der Waals surface area contributed by atoms with E-state index in [0.29, 0.717) is 11.6 Å². The summed E-state index contributed by atoms with van der Waals surface area (Å²) in [7, 11) is 3.72. The Labute approximate surface area is 106 Å². The predicted molar refractivity (Wildman–Crippen MR) is 68.9 cm³/mol. The summed E-state index contributed by atoms with van der Waals surface area (Å²) in [5, 5.41) is 14.4. The molecule has 1 atom stereocenters. The van der Waals surface area contributed by atoms with Crippen LogP contribution in [0.3, 0.4) is 0 Å². The molecule has 7 nitrogen and oxygen atoms in total. The van der Waals surface area contributed by atoms with Crippen LogP contribution in [0.2, 0.25) is 0 Å². The molecule has 0 aliphatic carbocycles. The number of nitro groups is 1. The Morgan fingerprint density at radius 3 is 2.89 bits per heavy atom.